The predicted octanol–water partition coefficient (Wildman–Crippen LogP) is 4.32. The molecule has 1 N–H and O–H groups in total. The van der Waals surface area contributed by atoms with E-state index in [2.05, 4.69) is 23.4 Å². The van der Waals surface area contributed by atoms with Crippen LogP contribution in [-0.4, -0.2) is 10.9 Å². The zero-order chi connectivity index (χ0) is 12.4. The molecule has 96 valence electrons. The summed E-state index contributed by atoms with van der Waals surface area (Å²) >= 11 is 0. The average Bonchev–Trinajstić information content (AvgIpc) is 2.47. The van der Waals surface area contributed by atoms with Crippen molar-refractivity contribution < 1.29 is 5.21 Å². The van der Waals surface area contributed by atoms with E-state index in [1.807, 2.05) is 6.07 Å². The molecule has 3 rings (SSSR count). The Balaban J connectivity index is 1.93. The van der Waals surface area contributed by atoms with Crippen LogP contribution >= 0.6 is 0 Å². The van der Waals surface area contributed by atoms with Crippen LogP contribution in [0.1, 0.15) is 62.0 Å². The van der Waals surface area contributed by atoms with Crippen molar-refractivity contribution in [2.75, 3.05) is 0 Å². The van der Waals surface area contributed by atoms with E-state index in [1.54, 1.807) is 0 Å². The number of hydrogen-bond acceptors (Lipinski definition) is 2. The molecule has 1 saturated carbocycles. The van der Waals surface area contributed by atoms with Crippen LogP contribution < -0.4 is 0 Å². The topological polar surface area (TPSA) is 32.6 Å². The normalized spacial score (nSPS) is 27.1. The van der Waals surface area contributed by atoms with Crippen molar-refractivity contribution in [3.63, 3.8) is 0 Å². The molecule has 1 unspecified atom stereocenters. The van der Waals surface area contributed by atoms with Gasteiger partial charge in [-0.15, -0.1) is 0 Å². The van der Waals surface area contributed by atoms with Crippen molar-refractivity contribution in [1.29, 1.82) is 0 Å². The summed E-state index contributed by atoms with van der Waals surface area (Å²) in [6.07, 6.45) is 9.04. The summed E-state index contributed by atoms with van der Waals surface area (Å²) in [5.74, 6) is 1.53. The monoisotopic (exact) mass is 243 g/mol. The van der Waals surface area contributed by atoms with Crippen molar-refractivity contribution in [2.45, 2.75) is 50.9 Å². The van der Waals surface area contributed by atoms with Gasteiger partial charge < -0.3 is 5.21 Å². The van der Waals surface area contributed by atoms with E-state index >= 15 is 0 Å². The highest BCUT2D eigenvalue weighted by atomic mass is 16.4. The second-order valence-corrected chi connectivity index (χ2v) is 5.68. The summed E-state index contributed by atoms with van der Waals surface area (Å²) in [5, 5.41) is 12.6. The van der Waals surface area contributed by atoms with Crippen LogP contribution in [0.2, 0.25) is 0 Å². The van der Waals surface area contributed by atoms with Gasteiger partial charge in [0.15, 0.2) is 0 Å². The minimum atomic E-state index is 0.687. The first-order chi connectivity index (χ1) is 8.90. The van der Waals surface area contributed by atoms with Crippen molar-refractivity contribution >= 4 is 5.71 Å². The third-order valence-corrected chi connectivity index (χ3v) is 4.70. The Morgan fingerprint density at radius 2 is 1.78 bits per heavy atom. The summed E-state index contributed by atoms with van der Waals surface area (Å²) in [6, 6.07) is 8.51. The number of fused-ring (bicyclic) bond motifs is 1. The Kier molecular flexibility index (Phi) is 3.35. The van der Waals surface area contributed by atoms with Crippen LogP contribution in [0.15, 0.2) is 29.4 Å². The molecule has 18 heavy (non-hydrogen) atoms. The van der Waals surface area contributed by atoms with Crippen molar-refractivity contribution in [3.8, 4) is 0 Å². The number of hydrogen-bond donors (Lipinski definition) is 1. The largest absolute Gasteiger partial charge is 0.411 e. The summed E-state index contributed by atoms with van der Waals surface area (Å²) in [5.41, 5.74) is 3.47. The van der Waals surface area contributed by atoms with Gasteiger partial charge in [-0.3, -0.25) is 0 Å². The van der Waals surface area contributed by atoms with Gasteiger partial charge in [0.2, 0.25) is 0 Å². The van der Waals surface area contributed by atoms with Crippen LogP contribution in [-0.2, 0) is 0 Å². The molecule has 1 fully saturated rings. The van der Waals surface area contributed by atoms with Crippen molar-refractivity contribution in [3.05, 3.63) is 35.4 Å². The van der Waals surface area contributed by atoms with Gasteiger partial charge in [-0.2, -0.15) is 0 Å². The third-order valence-electron chi connectivity index (χ3n) is 4.70. The third kappa shape index (κ3) is 2.05. The molecule has 2 aliphatic carbocycles. The van der Waals surface area contributed by atoms with Gasteiger partial charge in [0.05, 0.1) is 5.71 Å². The van der Waals surface area contributed by atoms with Crippen LogP contribution in [0, 0.1) is 5.92 Å². The Bertz CT molecular complexity index is 446. The number of nitrogens with zero attached hydrogens (tertiary/aromatic N) is 1. The van der Waals surface area contributed by atoms with Gasteiger partial charge >= 0.3 is 0 Å². The molecule has 0 radical (unpaired) electrons. The highest BCUT2D eigenvalue weighted by Gasteiger charge is 2.31. The second-order valence-electron chi connectivity index (χ2n) is 5.68. The Hall–Kier alpha value is -1.31. The van der Waals surface area contributed by atoms with E-state index in [0.29, 0.717) is 5.92 Å². The molecule has 0 aromatic heterocycles. The van der Waals surface area contributed by atoms with E-state index in [4.69, 9.17) is 5.21 Å². The van der Waals surface area contributed by atoms with Crippen LogP contribution in [0.4, 0.5) is 0 Å². The maximum atomic E-state index is 9.12. The zero-order valence-corrected chi connectivity index (χ0v) is 10.8. The Morgan fingerprint density at radius 1 is 1.00 bits per heavy atom. The van der Waals surface area contributed by atoms with Gasteiger partial charge in [0.1, 0.15) is 0 Å². The van der Waals surface area contributed by atoms with Crippen molar-refractivity contribution in [2.24, 2.45) is 11.1 Å². The lowest BCUT2D eigenvalue weighted by molar-refractivity contribution is 0.289. The summed E-state index contributed by atoms with van der Waals surface area (Å²) < 4.78 is 0. The fraction of sp³-hybridized carbons (Fsp3) is 0.562. The second kappa shape index (κ2) is 5.13. The zero-order valence-electron chi connectivity index (χ0n) is 10.8. The molecule has 1 atom stereocenters. The van der Waals surface area contributed by atoms with Gasteiger partial charge in [0, 0.05) is 5.56 Å². The van der Waals surface area contributed by atoms with Crippen molar-refractivity contribution in [1.82, 2.24) is 0 Å². The molecule has 0 spiro atoms. The molecule has 2 heteroatoms. The first-order valence-electron chi connectivity index (χ1n) is 7.20. The SMILES string of the molecule is ON=C1CCC(C2CCCCC2)c2ccccc21. The van der Waals surface area contributed by atoms with E-state index in [0.717, 1.165) is 24.5 Å². The minimum Gasteiger partial charge on any atom is -0.411 e. The van der Waals surface area contributed by atoms with Gasteiger partial charge in [-0.25, -0.2) is 0 Å². The smallest absolute Gasteiger partial charge is 0.0870 e. The molecule has 2 aliphatic rings. The van der Waals surface area contributed by atoms with Gasteiger partial charge in [-0.1, -0.05) is 48.7 Å². The first kappa shape index (κ1) is 11.8. The van der Waals surface area contributed by atoms with E-state index < -0.39 is 0 Å². The van der Waals surface area contributed by atoms with Gasteiger partial charge in [0.25, 0.3) is 0 Å². The number of rotatable bonds is 1. The molecule has 0 saturated heterocycles. The number of benzene rings is 1. The standard InChI is InChI=1S/C16H21NO/c18-17-16-11-10-13(12-6-2-1-3-7-12)14-8-4-5-9-15(14)16/h4-5,8-9,12-13,18H,1-3,6-7,10-11H2. The van der Waals surface area contributed by atoms with E-state index in [9.17, 15) is 0 Å². The lowest BCUT2D eigenvalue weighted by Crippen LogP contribution is -2.24. The molecular formula is C16H21NO. The molecule has 1 aromatic carbocycles. The predicted molar refractivity (Wildman–Crippen MR) is 73.3 cm³/mol. The summed E-state index contributed by atoms with van der Waals surface area (Å²) in [4.78, 5) is 0. The fourth-order valence-electron chi connectivity index (χ4n) is 3.80. The summed E-state index contributed by atoms with van der Waals surface area (Å²) in [6.45, 7) is 0. The summed E-state index contributed by atoms with van der Waals surface area (Å²) in [7, 11) is 0. The maximum absolute atomic E-state index is 9.12. The van der Waals surface area contributed by atoms with Crippen LogP contribution in [0.25, 0.3) is 0 Å². The number of oxime groups is 1. The molecule has 0 bridgehead atoms. The Morgan fingerprint density at radius 3 is 2.56 bits per heavy atom. The lowest BCUT2D eigenvalue weighted by atomic mass is 9.70. The van der Waals surface area contributed by atoms with E-state index in [1.165, 1.54) is 43.2 Å². The maximum Gasteiger partial charge on any atom is 0.0870 e. The fourth-order valence-corrected chi connectivity index (χ4v) is 3.80. The van der Waals surface area contributed by atoms with Crippen LogP contribution in [0.3, 0.4) is 0 Å². The quantitative estimate of drug-likeness (QED) is 0.578. The molecule has 0 heterocycles. The minimum absolute atomic E-state index is 0.687. The lowest BCUT2D eigenvalue weighted by Gasteiger charge is -2.34. The molecule has 1 aromatic rings. The van der Waals surface area contributed by atoms with E-state index in [-0.39, 0.29) is 0 Å². The molecule has 0 amide bonds. The Labute approximate surface area is 109 Å². The van der Waals surface area contributed by atoms with Crippen LogP contribution in [0.5, 0.6) is 0 Å². The highest BCUT2D eigenvalue weighted by molar-refractivity contribution is 6.02. The van der Waals surface area contributed by atoms with Gasteiger partial charge in [-0.05, 0) is 43.1 Å². The molecular weight excluding hydrogens is 222 g/mol. The average molecular weight is 243 g/mol. The molecule has 2 nitrogen and oxygen atoms in total. The molecule has 0 aliphatic heterocycles. The highest BCUT2D eigenvalue weighted by Crippen LogP contribution is 2.42. The first-order valence-corrected chi connectivity index (χ1v) is 7.20.